The molecule has 0 nitrogen and oxygen atoms in total. The Balaban J connectivity index is 1.75. The maximum absolute atomic E-state index is 1.56. The van der Waals surface area contributed by atoms with Gasteiger partial charge in [0, 0.05) is 9.52 Å². The second kappa shape index (κ2) is 15.3. The Morgan fingerprint density at radius 3 is 0.720 bits per heavy atom. The standard InChI is InChI=1S/C24H46Si/c1-3-7-11-15-19-23(20-16-12-8-4-1)25-24-21-17-13-9-5-2-6-10-14-18-22-24/h23-24H,1-22H2. The third kappa shape index (κ3) is 11.5. The molecule has 2 aliphatic carbocycles. The van der Waals surface area contributed by atoms with E-state index in [1.54, 1.807) is 25.7 Å². The van der Waals surface area contributed by atoms with Crippen molar-refractivity contribution >= 4 is 9.52 Å². The molecule has 2 saturated carbocycles. The Bertz CT molecular complexity index is 236. The Kier molecular flexibility index (Phi) is 13.2. The monoisotopic (exact) mass is 362 g/mol. The van der Waals surface area contributed by atoms with Crippen molar-refractivity contribution in [3.8, 4) is 0 Å². The van der Waals surface area contributed by atoms with Crippen molar-refractivity contribution in [1.29, 1.82) is 0 Å². The van der Waals surface area contributed by atoms with Crippen molar-refractivity contribution in [2.45, 2.75) is 152 Å². The maximum Gasteiger partial charge on any atom is 0.0448 e. The fourth-order valence-corrected chi connectivity index (χ4v) is 7.14. The first-order valence-electron chi connectivity index (χ1n) is 12.2. The first-order valence-corrected chi connectivity index (χ1v) is 13.4. The van der Waals surface area contributed by atoms with Gasteiger partial charge in [-0.2, -0.15) is 0 Å². The van der Waals surface area contributed by atoms with Crippen molar-refractivity contribution in [1.82, 2.24) is 0 Å². The first kappa shape index (κ1) is 21.5. The average Bonchev–Trinajstić information content (AvgIpc) is 2.59. The first-order chi connectivity index (χ1) is 12.4. The fourth-order valence-electron chi connectivity index (χ4n) is 4.99. The summed E-state index contributed by atoms with van der Waals surface area (Å²) in [5.41, 5.74) is 2.19. The SMILES string of the molecule is C1CCCCCC([Si]C2CCCCCCCCCCC2)CCCCC1. The van der Waals surface area contributed by atoms with E-state index in [4.69, 9.17) is 0 Å². The molecule has 2 fully saturated rings. The van der Waals surface area contributed by atoms with Crippen LogP contribution in [0, 0.1) is 0 Å². The maximum atomic E-state index is 1.56. The van der Waals surface area contributed by atoms with Crippen LogP contribution in [-0.4, -0.2) is 9.52 Å². The highest BCUT2D eigenvalue weighted by molar-refractivity contribution is 6.39. The Morgan fingerprint density at radius 2 is 0.480 bits per heavy atom. The summed E-state index contributed by atoms with van der Waals surface area (Å²) in [6.07, 6.45) is 33.6. The van der Waals surface area contributed by atoms with Crippen LogP contribution in [0.2, 0.25) is 11.1 Å². The summed E-state index contributed by atoms with van der Waals surface area (Å²) in [5.74, 6) is 0. The van der Waals surface area contributed by atoms with E-state index >= 15 is 0 Å². The van der Waals surface area contributed by atoms with Gasteiger partial charge in [-0.3, -0.25) is 0 Å². The molecule has 0 aromatic rings. The summed E-state index contributed by atoms with van der Waals surface area (Å²) in [7, 11) is 1.30. The van der Waals surface area contributed by atoms with Crippen molar-refractivity contribution in [3.05, 3.63) is 0 Å². The van der Waals surface area contributed by atoms with Crippen LogP contribution in [0.1, 0.15) is 141 Å². The van der Waals surface area contributed by atoms with Gasteiger partial charge in [0.2, 0.25) is 0 Å². The second-order valence-electron chi connectivity index (χ2n) is 9.08. The molecule has 1 heteroatoms. The van der Waals surface area contributed by atoms with Gasteiger partial charge in [0.1, 0.15) is 0 Å². The molecule has 0 heterocycles. The van der Waals surface area contributed by atoms with Crippen molar-refractivity contribution < 1.29 is 0 Å². The molecule has 0 bridgehead atoms. The summed E-state index contributed by atoms with van der Waals surface area (Å²) < 4.78 is 0. The van der Waals surface area contributed by atoms with Crippen LogP contribution in [-0.2, 0) is 0 Å². The Hall–Kier alpha value is 0.217. The van der Waals surface area contributed by atoms with Gasteiger partial charge in [0.25, 0.3) is 0 Å². The summed E-state index contributed by atoms with van der Waals surface area (Å²) in [6, 6.07) is 0. The molecule has 2 radical (unpaired) electrons. The van der Waals surface area contributed by atoms with Gasteiger partial charge < -0.3 is 0 Å². The van der Waals surface area contributed by atoms with Crippen LogP contribution in [0.5, 0.6) is 0 Å². The smallest absolute Gasteiger partial charge is 0.0448 e. The summed E-state index contributed by atoms with van der Waals surface area (Å²) in [5, 5.41) is 0. The third-order valence-corrected chi connectivity index (χ3v) is 8.78. The Labute approximate surface area is 162 Å². The molecule has 0 amide bonds. The number of rotatable bonds is 2. The fraction of sp³-hybridized carbons (Fsp3) is 1.00. The highest BCUT2D eigenvalue weighted by Gasteiger charge is 2.18. The van der Waals surface area contributed by atoms with Gasteiger partial charge >= 0.3 is 0 Å². The molecule has 0 aliphatic heterocycles. The van der Waals surface area contributed by atoms with Crippen LogP contribution < -0.4 is 0 Å². The topological polar surface area (TPSA) is 0 Å². The molecule has 0 atom stereocenters. The minimum absolute atomic E-state index is 1.09. The predicted octanol–water partition coefficient (Wildman–Crippen LogP) is 8.88. The third-order valence-electron chi connectivity index (χ3n) is 6.68. The lowest BCUT2D eigenvalue weighted by Crippen LogP contribution is -2.13. The van der Waals surface area contributed by atoms with Gasteiger partial charge in [-0.25, -0.2) is 0 Å². The van der Waals surface area contributed by atoms with Gasteiger partial charge in [-0.05, 0) is 11.1 Å². The molecule has 25 heavy (non-hydrogen) atoms. The number of hydrogen-bond donors (Lipinski definition) is 0. The van der Waals surface area contributed by atoms with Crippen LogP contribution >= 0.6 is 0 Å². The average molecular weight is 363 g/mol. The van der Waals surface area contributed by atoms with Crippen molar-refractivity contribution in [2.24, 2.45) is 0 Å². The van der Waals surface area contributed by atoms with Crippen LogP contribution in [0.3, 0.4) is 0 Å². The second-order valence-corrected chi connectivity index (χ2v) is 11.0. The Morgan fingerprint density at radius 1 is 0.280 bits per heavy atom. The van der Waals surface area contributed by atoms with Gasteiger partial charge in [-0.15, -0.1) is 0 Å². The molecular weight excluding hydrogens is 316 g/mol. The van der Waals surface area contributed by atoms with E-state index in [9.17, 15) is 0 Å². The zero-order valence-corrected chi connectivity index (χ0v) is 18.2. The molecule has 0 spiro atoms. The van der Waals surface area contributed by atoms with E-state index < -0.39 is 0 Å². The van der Waals surface area contributed by atoms with Crippen LogP contribution in [0.15, 0.2) is 0 Å². The molecule has 0 N–H and O–H groups in total. The van der Waals surface area contributed by atoms with Crippen molar-refractivity contribution in [3.63, 3.8) is 0 Å². The minimum Gasteiger partial charge on any atom is -0.0533 e. The summed E-state index contributed by atoms with van der Waals surface area (Å²) in [6.45, 7) is 0. The van der Waals surface area contributed by atoms with E-state index in [1.165, 1.54) is 125 Å². The van der Waals surface area contributed by atoms with E-state index in [0.29, 0.717) is 0 Å². The normalized spacial score (nSPS) is 25.9. The van der Waals surface area contributed by atoms with E-state index in [2.05, 4.69) is 0 Å². The molecule has 2 aliphatic rings. The molecule has 0 unspecified atom stereocenters. The molecule has 146 valence electrons. The molecule has 0 aromatic carbocycles. The van der Waals surface area contributed by atoms with Gasteiger partial charge in [0.05, 0.1) is 0 Å². The predicted molar refractivity (Wildman–Crippen MR) is 115 cm³/mol. The zero-order valence-electron chi connectivity index (χ0n) is 17.2. The molecule has 2 rings (SSSR count). The summed E-state index contributed by atoms with van der Waals surface area (Å²) >= 11 is 0. The molecule has 0 aromatic heterocycles. The molecular formula is C24H46Si. The van der Waals surface area contributed by atoms with Crippen molar-refractivity contribution in [2.75, 3.05) is 0 Å². The highest BCUT2D eigenvalue weighted by Crippen LogP contribution is 2.32. The lowest BCUT2D eigenvalue weighted by molar-refractivity contribution is 0.485. The minimum atomic E-state index is 1.09. The van der Waals surface area contributed by atoms with Gasteiger partial charge in [0.15, 0.2) is 0 Å². The molecule has 0 saturated heterocycles. The van der Waals surface area contributed by atoms with E-state index in [0.717, 1.165) is 11.1 Å². The van der Waals surface area contributed by atoms with E-state index in [1.807, 2.05) is 0 Å². The summed E-state index contributed by atoms with van der Waals surface area (Å²) in [4.78, 5) is 0. The lowest BCUT2D eigenvalue weighted by Gasteiger charge is -2.24. The number of hydrogen-bond acceptors (Lipinski definition) is 0. The highest BCUT2D eigenvalue weighted by atomic mass is 28.2. The largest absolute Gasteiger partial charge is 0.0533 e. The van der Waals surface area contributed by atoms with Gasteiger partial charge in [-0.1, -0.05) is 141 Å². The lowest BCUT2D eigenvalue weighted by atomic mass is 10.0. The zero-order chi connectivity index (χ0) is 17.4. The quantitative estimate of drug-likeness (QED) is 0.430. The van der Waals surface area contributed by atoms with Crippen LogP contribution in [0.25, 0.3) is 0 Å². The van der Waals surface area contributed by atoms with Crippen LogP contribution in [0.4, 0.5) is 0 Å². The van der Waals surface area contributed by atoms with E-state index in [-0.39, 0.29) is 0 Å².